The molecule has 2 heterocycles. The molecular weight excluding hydrogens is 1450 g/mol. The lowest BCUT2D eigenvalue weighted by Gasteiger charge is -2.26. The van der Waals surface area contributed by atoms with E-state index in [0.717, 1.165) is 89.6 Å². The molecule has 0 unspecified atom stereocenters. The van der Waals surface area contributed by atoms with Crippen LogP contribution in [0.2, 0.25) is 20.1 Å². The van der Waals surface area contributed by atoms with Gasteiger partial charge in [0, 0.05) is 86.3 Å². The minimum atomic E-state index is -4.35. The van der Waals surface area contributed by atoms with Gasteiger partial charge in [-0.2, -0.15) is 8.42 Å². The standard InChI is InChI=1S/C27H24ClNO.C20H14ClF2NO3.C18H12ClF2NO.C15H11ClF2N2O3S/c28-25-13-11-21(12-14-25)19-26(23-9-5-2-6-10-23)27(30)24-15-17-29(18-16-24)20-22-7-3-1-4-8-22;1-27-15-10-19(25)24(11-15)20(26)17(8-12-2-4-13(21)5-3-12)16-7-6-14(22)9-18(16)23;1-2-9-22-18(23)16(10-12-3-5-13(19)6-4-12)15-8-7-14(20)11-17(15)21;16-10-3-1-9(2-4-10)7-13(15(21)20-24(19,22)23)12-6-5-11(17)8-14(12)18/h1-15,19H,16-18,20H2;2-10H,11H2,1H3;1,3-8,10-11H,9H2,(H,22,23);1-8H,(H,20,21)(H2,19,22,23)/b26-19+;17-8+;16-10+;13-7+. The van der Waals surface area contributed by atoms with Crippen LogP contribution in [-0.2, 0) is 45.5 Å². The van der Waals surface area contributed by atoms with Gasteiger partial charge in [-0.3, -0.25) is 33.8 Å². The van der Waals surface area contributed by atoms with Gasteiger partial charge in [-0.15, -0.1) is 6.42 Å². The monoisotopic (exact) mass is 1510 g/mol. The third-order valence-corrected chi connectivity index (χ3v) is 16.7. The second-order valence-corrected chi connectivity index (χ2v) is 25.7. The summed E-state index contributed by atoms with van der Waals surface area (Å²) in [5.41, 5.74) is 5.66. The number of carbonyl (C=O) groups excluding carboxylic acids is 5. The zero-order valence-electron chi connectivity index (χ0n) is 54.9. The number of nitrogens with two attached hydrogens (primary N) is 1. The summed E-state index contributed by atoms with van der Waals surface area (Å²) < 4.78 is 111. The summed E-state index contributed by atoms with van der Waals surface area (Å²) in [5.74, 6) is -5.40. The van der Waals surface area contributed by atoms with Crippen LogP contribution in [0.4, 0.5) is 26.3 Å². The number of nitrogens with zero attached hydrogens (tertiary/aromatic N) is 2. The first-order valence-corrected chi connectivity index (χ1v) is 34.3. The highest BCUT2D eigenvalue weighted by molar-refractivity contribution is 7.87. The molecule has 0 fully saturated rings. The number of hydrogen-bond donors (Lipinski definition) is 3. The second-order valence-electron chi connectivity index (χ2n) is 22.6. The molecule has 9 aromatic carbocycles. The Labute approximate surface area is 616 Å². The van der Waals surface area contributed by atoms with Gasteiger partial charge < -0.3 is 10.1 Å². The van der Waals surface area contributed by atoms with Crippen LogP contribution in [0.5, 0.6) is 0 Å². The van der Waals surface area contributed by atoms with Crippen molar-refractivity contribution in [2.45, 2.75) is 13.0 Å². The van der Waals surface area contributed by atoms with Crippen LogP contribution in [0.25, 0.3) is 46.6 Å². The Kier molecular flexibility index (Phi) is 28.7. The van der Waals surface area contributed by atoms with Gasteiger partial charge in [-0.25, -0.2) is 36.2 Å². The molecule has 24 heteroatoms. The fourth-order valence-electron chi connectivity index (χ4n) is 10.1. The maximum atomic E-state index is 14.4. The van der Waals surface area contributed by atoms with Gasteiger partial charge in [0.05, 0.1) is 36.9 Å². The van der Waals surface area contributed by atoms with Crippen molar-refractivity contribution in [1.29, 1.82) is 0 Å². The van der Waals surface area contributed by atoms with E-state index in [1.165, 1.54) is 67.3 Å². The molecule has 0 saturated heterocycles. The number of nitrogens with one attached hydrogen (secondary N) is 2. The summed E-state index contributed by atoms with van der Waals surface area (Å²) in [7, 11) is -2.97. The van der Waals surface area contributed by atoms with Crippen molar-refractivity contribution in [2.75, 3.05) is 33.3 Å². The molecule has 0 atom stereocenters. The van der Waals surface area contributed by atoms with Crippen molar-refractivity contribution < 1.29 is 63.5 Å². The summed E-state index contributed by atoms with van der Waals surface area (Å²) in [6.45, 7) is 2.52. The van der Waals surface area contributed by atoms with Crippen LogP contribution in [-0.4, -0.2) is 80.9 Å². The van der Waals surface area contributed by atoms with Gasteiger partial charge >= 0.3 is 0 Å². The predicted molar refractivity (Wildman–Crippen MR) is 397 cm³/mol. The first kappa shape index (κ1) is 78.9. The number of ketones is 1. The lowest BCUT2D eigenvalue weighted by Crippen LogP contribution is -2.36. The molecule has 4 N–H and O–H groups in total. The summed E-state index contributed by atoms with van der Waals surface area (Å²) in [4.78, 5) is 66.2. The molecule has 0 saturated carbocycles. The first-order chi connectivity index (χ1) is 49.7. The highest BCUT2D eigenvalue weighted by atomic mass is 35.5. The Bertz CT molecular complexity index is 4980. The Morgan fingerprint density at radius 3 is 1.35 bits per heavy atom. The Morgan fingerprint density at radius 2 is 0.962 bits per heavy atom. The summed E-state index contributed by atoms with van der Waals surface area (Å²) in [6, 6.07) is 55.7. The van der Waals surface area contributed by atoms with Gasteiger partial charge in [-0.1, -0.05) is 168 Å². The smallest absolute Gasteiger partial charge is 0.298 e. The van der Waals surface area contributed by atoms with Crippen LogP contribution in [0.15, 0.2) is 236 Å². The van der Waals surface area contributed by atoms with Crippen LogP contribution in [0, 0.1) is 47.2 Å². The van der Waals surface area contributed by atoms with Crippen molar-refractivity contribution in [3.8, 4) is 12.3 Å². The average Bonchev–Trinajstić information content (AvgIpc) is 1.45. The van der Waals surface area contributed by atoms with E-state index in [1.807, 2.05) is 66.7 Å². The van der Waals surface area contributed by atoms with Crippen LogP contribution >= 0.6 is 46.4 Å². The van der Waals surface area contributed by atoms with Crippen LogP contribution < -0.4 is 15.2 Å². The van der Waals surface area contributed by atoms with Crippen molar-refractivity contribution in [1.82, 2.24) is 19.8 Å². The molecule has 9 aromatic rings. The molecule has 104 heavy (non-hydrogen) atoms. The molecule has 0 aliphatic carbocycles. The van der Waals surface area contributed by atoms with Gasteiger partial charge in [-0.05, 0) is 155 Å². The minimum absolute atomic E-state index is 0.000392. The largest absolute Gasteiger partial charge is 0.499 e. The number of imide groups is 1. The normalized spacial score (nSPS) is 13.3. The minimum Gasteiger partial charge on any atom is -0.499 e. The maximum absolute atomic E-state index is 14.4. The lowest BCUT2D eigenvalue weighted by molar-refractivity contribution is -0.136. The number of amides is 4. The van der Waals surface area contributed by atoms with E-state index in [1.54, 1.807) is 53.3 Å². The molecule has 0 aromatic heterocycles. The fourth-order valence-corrected chi connectivity index (χ4v) is 11.0. The van der Waals surface area contributed by atoms with Crippen LogP contribution in [0.3, 0.4) is 0 Å². The Hall–Kier alpha value is -10.9. The van der Waals surface area contributed by atoms with Crippen molar-refractivity contribution in [3.05, 3.63) is 341 Å². The molecule has 4 amide bonds. The van der Waals surface area contributed by atoms with E-state index in [9.17, 15) is 58.7 Å². The Balaban J connectivity index is 0.000000177. The zero-order chi connectivity index (χ0) is 75.0. The molecule has 0 bridgehead atoms. The van der Waals surface area contributed by atoms with Gasteiger partial charge in [0.25, 0.3) is 33.8 Å². The van der Waals surface area contributed by atoms with Crippen LogP contribution in [0.1, 0.15) is 56.5 Å². The average molecular weight is 1510 g/mol. The number of carbonyl (C=O) groups is 5. The molecule has 2 aliphatic heterocycles. The number of benzene rings is 9. The van der Waals surface area contributed by atoms with E-state index in [4.69, 9.17) is 62.7 Å². The number of allylic oxidation sites excluding steroid dienone is 1. The zero-order valence-corrected chi connectivity index (χ0v) is 58.8. The number of halogens is 10. The molecule has 13 nitrogen and oxygen atoms in total. The third kappa shape index (κ3) is 23.6. The van der Waals surface area contributed by atoms with E-state index in [-0.39, 0.29) is 52.3 Å². The number of hydrogen-bond acceptors (Lipinski definition) is 9. The highest BCUT2D eigenvalue weighted by Gasteiger charge is 2.32. The lowest BCUT2D eigenvalue weighted by atomic mass is 9.92. The Morgan fingerprint density at radius 1 is 0.558 bits per heavy atom. The van der Waals surface area contributed by atoms with Crippen molar-refractivity contribution in [3.63, 3.8) is 0 Å². The second kappa shape index (κ2) is 37.9. The van der Waals surface area contributed by atoms with Crippen molar-refractivity contribution in [2.24, 2.45) is 5.14 Å². The molecule has 0 spiro atoms. The maximum Gasteiger partial charge on any atom is 0.298 e. The quantitative estimate of drug-likeness (QED) is 0.0325. The summed E-state index contributed by atoms with van der Waals surface area (Å²) in [5, 5.41) is 9.41. The summed E-state index contributed by atoms with van der Waals surface area (Å²) in [6.07, 6.45) is 15.3. The van der Waals surface area contributed by atoms with Gasteiger partial charge in [0.2, 0.25) is 0 Å². The first-order valence-electron chi connectivity index (χ1n) is 31.2. The highest BCUT2D eigenvalue weighted by Crippen LogP contribution is 2.31. The van der Waals surface area contributed by atoms with Gasteiger partial charge in [0.15, 0.2) is 5.78 Å². The molecular formula is C80H61Cl4F6N5O8S. The number of methoxy groups -OCH3 is 1. The number of Topliss-reactive ketones (excluding diaryl/α,β-unsaturated/α-hetero) is 1. The third-order valence-electron chi connectivity index (χ3n) is 15.2. The predicted octanol–water partition coefficient (Wildman–Crippen LogP) is 16.7. The van der Waals surface area contributed by atoms with E-state index in [2.05, 4.69) is 46.5 Å². The fraction of sp³-hybridized carbons (Fsp3) is 0.0875. The number of rotatable bonds is 18. The molecule has 0 radical (unpaired) electrons. The SMILES string of the molecule is C#CCNC(=O)/C(=C/c1ccc(Cl)cc1)c1ccc(F)cc1F.COC1=CC(=O)N(C(=O)/C(=C/c2ccc(Cl)cc2)c2ccc(F)cc2F)C1.NS(=O)(=O)NC(=O)/C(=C/c1ccc(Cl)cc1)c1ccc(F)cc1F.O=C(C1=CCN(Cc2ccccc2)CC1)/C(=C/c1ccc(Cl)cc1)c1ccccc1. The van der Waals surface area contributed by atoms with Crippen molar-refractivity contribution >= 4 is 133 Å². The van der Waals surface area contributed by atoms with Gasteiger partial charge in [0.1, 0.15) is 40.7 Å². The summed E-state index contributed by atoms with van der Waals surface area (Å²) >= 11 is 23.5. The number of ether oxygens (including phenoxy) is 1. The molecule has 11 rings (SSSR count). The van der Waals surface area contributed by atoms with E-state index in [0.29, 0.717) is 54.7 Å². The van der Waals surface area contributed by atoms with E-state index >= 15 is 0 Å². The number of terminal acetylenes is 1. The molecule has 2 aliphatic rings. The van der Waals surface area contributed by atoms with E-state index < -0.39 is 68.7 Å². The molecule has 530 valence electrons. The topological polar surface area (TPSA) is 185 Å².